The summed E-state index contributed by atoms with van der Waals surface area (Å²) in [7, 11) is -4.48. The van der Waals surface area contributed by atoms with Crippen LogP contribution in [0.25, 0.3) is 0 Å². The van der Waals surface area contributed by atoms with E-state index in [-0.39, 0.29) is 0 Å². The normalized spacial score (nSPS) is 21.8. The Bertz CT molecular complexity index is 296. The van der Waals surface area contributed by atoms with Crippen LogP contribution in [0.2, 0.25) is 0 Å². The second-order valence-electron chi connectivity index (χ2n) is 1.55. The van der Waals surface area contributed by atoms with Crippen LogP contribution >= 0.6 is 0 Å². The highest BCUT2D eigenvalue weighted by atomic mass is 32.3. The minimum absolute atomic E-state index is 0.660. The lowest BCUT2D eigenvalue weighted by Crippen LogP contribution is -2.13. The summed E-state index contributed by atoms with van der Waals surface area (Å²) in [5, 5.41) is 0. The maximum Gasteiger partial charge on any atom is 0.506 e. The average Bonchev–Trinajstić information content (AvgIpc) is 1.89. The quantitative estimate of drug-likeness (QED) is 0.467. The van der Waals surface area contributed by atoms with Gasteiger partial charge in [0.15, 0.2) is 0 Å². The molecule has 0 amide bonds. The lowest BCUT2D eigenvalue weighted by atomic mass is 10.5. The second-order valence-corrected chi connectivity index (χ2v) is 2.70. The maximum atomic E-state index is 10.4. The van der Waals surface area contributed by atoms with Crippen molar-refractivity contribution in [3.8, 4) is 0 Å². The van der Waals surface area contributed by atoms with Crippen LogP contribution in [0.4, 0.5) is 0 Å². The summed E-state index contributed by atoms with van der Waals surface area (Å²) in [5.41, 5.74) is 0. The number of carbonyl (C=O) groups is 2. The van der Waals surface area contributed by atoms with Crippen LogP contribution in [0.1, 0.15) is 0 Å². The summed E-state index contributed by atoms with van der Waals surface area (Å²) in [6.07, 6.45) is 1.32. The van der Waals surface area contributed by atoms with E-state index < -0.39 is 22.3 Å². The molecule has 0 aromatic heterocycles. The van der Waals surface area contributed by atoms with Crippen molar-refractivity contribution >= 4 is 22.3 Å². The highest BCUT2D eigenvalue weighted by molar-refractivity contribution is 7.82. The molecule has 0 saturated carbocycles. The van der Waals surface area contributed by atoms with E-state index in [0.717, 1.165) is 0 Å². The largest absolute Gasteiger partial charge is 0.506 e. The fourth-order valence-corrected chi connectivity index (χ4v) is 0.957. The molecule has 0 bridgehead atoms. The van der Waals surface area contributed by atoms with E-state index >= 15 is 0 Å². The zero-order valence-electron chi connectivity index (χ0n) is 5.01. The van der Waals surface area contributed by atoms with E-state index in [0.29, 0.717) is 12.2 Å². The molecule has 1 aliphatic heterocycles. The van der Waals surface area contributed by atoms with Crippen LogP contribution in [0.5, 0.6) is 0 Å². The maximum absolute atomic E-state index is 10.4. The molecule has 1 rings (SSSR count). The standard InChI is InChI=1S/C4H2O6S/c5-3-1-2-4(6)10-11(7,8)9-3/h1-2H. The van der Waals surface area contributed by atoms with Gasteiger partial charge >= 0.3 is 22.3 Å². The Labute approximate surface area is 61.7 Å². The minimum atomic E-state index is -4.48. The predicted octanol–water partition coefficient (Wildman–Crippen LogP) is -1.11. The van der Waals surface area contributed by atoms with Crippen molar-refractivity contribution in [1.82, 2.24) is 0 Å². The third-order valence-electron chi connectivity index (χ3n) is 0.724. The first kappa shape index (κ1) is 7.73. The van der Waals surface area contributed by atoms with Gasteiger partial charge in [0, 0.05) is 12.2 Å². The molecule has 0 spiro atoms. The molecular weight excluding hydrogens is 176 g/mol. The third kappa shape index (κ3) is 2.04. The lowest BCUT2D eigenvalue weighted by molar-refractivity contribution is -0.130. The summed E-state index contributed by atoms with van der Waals surface area (Å²) in [6.45, 7) is 0. The Balaban J connectivity index is 3.01. The first-order valence-corrected chi connectivity index (χ1v) is 3.73. The van der Waals surface area contributed by atoms with Gasteiger partial charge in [-0.25, -0.2) is 9.59 Å². The van der Waals surface area contributed by atoms with Crippen LogP contribution in [0, 0.1) is 0 Å². The molecular formula is C4H2O6S. The van der Waals surface area contributed by atoms with Crippen molar-refractivity contribution in [3.05, 3.63) is 12.2 Å². The topological polar surface area (TPSA) is 86.7 Å². The predicted molar refractivity (Wildman–Crippen MR) is 30.2 cm³/mol. The van der Waals surface area contributed by atoms with Gasteiger partial charge in [0.05, 0.1) is 0 Å². The Hall–Kier alpha value is -1.37. The van der Waals surface area contributed by atoms with Crippen molar-refractivity contribution in [1.29, 1.82) is 0 Å². The van der Waals surface area contributed by atoms with E-state index in [4.69, 9.17) is 0 Å². The summed E-state index contributed by atoms with van der Waals surface area (Å²) >= 11 is 0. The molecule has 11 heavy (non-hydrogen) atoms. The first-order valence-electron chi connectivity index (χ1n) is 2.39. The van der Waals surface area contributed by atoms with Gasteiger partial charge in [0.25, 0.3) is 0 Å². The molecule has 1 heterocycles. The Kier molecular flexibility index (Phi) is 1.65. The van der Waals surface area contributed by atoms with Crippen LogP contribution in [0.3, 0.4) is 0 Å². The zero-order valence-corrected chi connectivity index (χ0v) is 5.83. The van der Waals surface area contributed by atoms with Gasteiger partial charge in [-0.15, -0.1) is 8.42 Å². The van der Waals surface area contributed by atoms with Crippen LogP contribution < -0.4 is 0 Å². The van der Waals surface area contributed by atoms with Crippen LogP contribution in [0.15, 0.2) is 12.2 Å². The molecule has 0 fully saturated rings. The molecule has 0 atom stereocenters. The Morgan fingerprint density at radius 3 is 1.73 bits per heavy atom. The molecule has 0 unspecified atom stereocenters. The van der Waals surface area contributed by atoms with Gasteiger partial charge in [-0.1, -0.05) is 0 Å². The molecule has 6 nitrogen and oxygen atoms in total. The minimum Gasteiger partial charge on any atom is -0.312 e. The van der Waals surface area contributed by atoms with Gasteiger partial charge in [-0.05, 0) is 0 Å². The first-order chi connectivity index (χ1) is 4.99. The molecule has 0 aromatic rings. The van der Waals surface area contributed by atoms with Crippen molar-refractivity contribution in [2.24, 2.45) is 0 Å². The summed E-state index contributed by atoms with van der Waals surface area (Å²) in [5.74, 6) is -2.31. The number of rotatable bonds is 0. The van der Waals surface area contributed by atoms with Gasteiger partial charge in [0.1, 0.15) is 0 Å². The summed E-state index contributed by atoms with van der Waals surface area (Å²) in [6, 6.07) is 0. The molecule has 60 valence electrons. The van der Waals surface area contributed by atoms with Gasteiger partial charge in [0.2, 0.25) is 0 Å². The van der Waals surface area contributed by atoms with E-state index in [1.54, 1.807) is 0 Å². The monoisotopic (exact) mass is 178 g/mol. The lowest BCUT2D eigenvalue weighted by Gasteiger charge is -1.96. The van der Waals surface area contributed by atoms with E-state index in [1.807, 2.05) is 0 Å². The third-order valence-corrected chi connectivity index (χ3v) is 1.46. The van der Waals surface area contributed by atoms with Gasteiger partial charge in [-0.2, -0.15) is 0 Å². The smallest absolute Gasteiger partial charge is 0.312 e. The second kappa shape index (κ2) is 2.35. The Morgan fingerprint density at radius 1 is 1.00 bits per heavy atom. The molecule has 0 aromatic carbocycles. The molecule has 0 aliphatic carbocycles. The van der Waals surface area contributed by atoms with Crippen LogP contribution in [-0.4, -0.2) is 20.4 Å². The van der Waals surface area contributed by atoms with E-state index in [1.165, 1.54) is 0 Å². The van der Waals surface area contributed by atoms with E-state index in [9.17, 15) is 18.0 Å². The number of hydrogen-bond donors (Lipinski definition) is 0. The summed E-state index contributed by atoms with van der Waals surface area (Å²) in [4.78, 5) is 20.6. The average molecular weight is 178 g/mol. The van der Waals surface area contributed by atoms with Gasteiger partial charge < -0.3 is 8.37 Å². The fraction of sp³-hybridized carbons (Fsp3) is 0. The van der Waals surface area contributed by atoms with Gasteiger partial charge in [-0.3, -0.25) is 0 Å². The van der Waals surface area contributed by atoms with Crippen molar-refractivity contribution in [3.63, 3.8) is 0 Å². The highest BCUT2D eigenvalue weighted by Gasteiger charge is 2.23. The molecule has 0 N–H and O–H groups in total. The molecule has 0 saturated heterocycles. The van der Waals surface area contributed by atoms with E-state index in [2.05, 4.69) is 8.37 Å². The highest BCUT2D eigenvalue weighted by Crippen LogP contribution is 2.02. The fourth-order valence-electron chi connectivity index (χ4n) is 0.410. The Morgan fingerprint density at radius 2 is 1.36 bits per heavy atom. The molecule has 1 aliphatic rings. The molecule has 0 radical (unpaired) electrons. The molecule has 7 heteroatoms. The SMILES string of the molecule is O=C1C=CC(=O)OS(=O)(=O)O1. The number of carbonyl (C=O) groups excluding carboxylic acids is 2. The van der Waals surface area contributed by atoms with Crippen molar-refractivity contribution in [2.45, 2.75) is 0 Å². The summed E-state index contributed by atoms with van der Waals surface area (Å²) < 4.78 is 28.1. The van der Waals surface area contributed by atoms with Crippen molar-refractivity contribution < 1.29 is 26.4 Å². The number of hydrogen-bond acceptors (Lipinski definition) is 6. The van der Waals surface area contributed by atoms with Crippen LogP contribution in [-0.2, 0) is 28.4 Å². The zero-order chi connectivity index (χ0) is 8.48. The van der Waals surface area contributed by atoms with Crippen molar-refractivity contribution in [2.75, 3.05) is 0 Å².